The van der Waals surface area contributed by atoms with Crippen LogP contribution in [0.15, 0.2) is 48.5 Å². The van der Waals surface area contributed by atoms with Crippen molar-refractivity contribution >= 4 is 28.9 Å². The van der Waals surface area contributed by atoms with Crippen LogP contribution in [0.4, 0.5) is 11.4 Å². The Bertz CT molecular complexity index is 585. The highest BCUT2D eigenvalue weighted by molar-refractivity contribution is 6.30. The highest BCUT2D eigenvalue weighted by atomic mass is 35.5. The van der Waals surface area contributed by atoms with Gasteiger partial charge in [0.1, 0.15) is 5.75 Å². The van der Waals surface area contributed by atoms with E-state index in [-0.39, 0.29) is 12.5 Å². The molecule has 20 heavy (non-hydrogen) atoms. The van der Waals surface area contributed by atoms with Crippen LogP contribution in [0.1, 0.15) is 0 Å². The minimum absolute atomic E-state index is 0.141. The highest BCUT2D eigenvalue weighted by Crippen LogP contribution is 2.22. The van der Waals surface area contributed by atoms with Gasteiger partial charge in [0, 0.05) is 10.7 Å². The quantitative estimate of drug-likeness (QED) is 0.887. The zero-order chi connectivity index (χ0) is 14.4. The number of rotatable bonds is 5. The van der Waals surface area contributed by atoms with Crippen molar-refractivity contribution in [1.82, 2.24) is 0 Å². The molecule has 0 radical (unpaired) electrons. The number of benzene rings is 2. The van der Waals surface area contributed by atoms with E-state index in [0.717, 1.165) is 5.69 Å². The highest BCUT2D eigenvalue weighted by Gasteiger charge is 2.05. The summed E-state index contributed by atoms with van der Waals surface area (Å²) in [6.45, 7) is 0.156. The minimum Gasteiger partial charge on any atom is -0.495 e. The van der Waals surface area contributed by atoms with E-state index in [2.05, 4.69) is 10.6 Å². The van der Waals surface area contributed by atoms with E-state index in [1.54, 1.807) is 31.4 Å². The van der Waals surface area contributed by atoms with Crippen LogP contribution >= 0.6 is 11.6 Å². The zero-order valence-corrected chi connectivity index (χ0v) is 11.8. The fourth-order valence-electron chi connectivity index (χ4n) is 1.70. The molecule has 0 atom stereocenters. The monoisotopic (exact) mass is 290 g/mol. The van der Waals surface area contributed by atoms with Gasteiger partial charge >= 0.3 is 0 Å². The molecule has 0 bridgehead atoms. The molecule has 2 aromatic carbocycles. The summed E-state index contributed by atoms with van der Waals surface area (Å²) in [5, 5.41) is 6.44. The van der Waals surface area contributed by atoms with E-state index in [1.807, 2.05) is 24.3 Å². The predicted molar refractivity (Wildman–Crippen MR) is 81.6 cm³/mol. The Morgan fingerprint density at radius 1 is 1.15 bits per heavy atom. The SMILES string of the molecule is COc1ccccc1NCC(=O)Nc1ccc(Cl)cc1. The van der Waals surface area contributed by atoms with Crippen LogP contribution in [0, 0.1) is 0 Å². The number of ether oxygens (including phenoxy) is 1. The number of hydrogen-bond acceptors (Lipinski definition) is 3. The number of methoxy groups -OCH3 is 1. The molecule has 0 fully saturated rings. The lowest BCUT2D eigenvalue weighted by molar-refractivity contribution is -0.114. The van der Waals surface area contributed by atoms with Gasteiger partial charge in [0.05, 0.1) is 19.3 Å². The second-order valence-electron chi connectivity index (χ2n) is 4.11. The first-order valence-electron chi connectivity index (χ1n) is 6.11. The van der Waals surface area contributed by atoms with Crippen molar-refractivity contribution in [3.63, 3.8) is 0 Å². The maximum Gasteiger partial charge on any atom is 0.243 e. The summed E-state index contributed by atoms with van der Waals surface area (Å²) < 4.78 is 5.20. The second-order valence-corrected chi connectivity index (χ2v) is 4.55. The van der Waals surface area contributed by atoms with Crippen molar-refractivity contribution in [2.75, 3.05) is 24.3 Å². The summed E-state index contributed by atoms with van der Waals surface area (Å²) >= 11 is 5.78. The van der Waals surface area contributed by atoms with Gasteiger partial charge in [-0.3, -0.25) is 4.79 Å². The van der Waals surface area contributed by atoms with Gasteiger partial charge in [-0.2, -0.15) is 0 Å². The molecule has 0 aromatic heterocycles. The van der Waals surface area contributed by atoms with Gasteiger partial charge in [-0.25, -0.2) is 0 Å². The molecule has 0 unspecified atom stereocenters. The lowest BCUT2D eigenvalue weighted by Crippen LogP contribution is -2.21. The Kier molecular flexibility index (Phi) is 4.85. The number of carbonyl (C=O) groups is 1. The van der Waals surface area contributed by atoms with Gasteiger partial charge in [-0.1, -0.05) is 23.7 Å². The third kappa shape index (κ3) is 3.90. The summed E-state index contributed by atoms with van der Waals surface area (Å²) in [6.07, 6.45) is 0. The first-order chi connectivity index (χ1) is 9.69. The summed E-state index contributed by atoms with van der Waals surface area (Å²) in [6, 6.07) is 14.4. The largest absolute Gasteiger partial charge is 0.495 e. The van der Waals surface area contributed by atoms with Crippen LogP contribution in [0.3, 0.4) is 0 Å². The fraction of sp³-hybridized carbons (Fsp3) is 0.133. The normalized spacial score (nSPS) is 9.90. The molecule has 0 saturated carbocycles. The minimum atomic E-state index is -0.141. The molecular formula is C15H15ClN2O2. The maximum absolute atomic E-state index is 11.8. The van der Waals surface area contributed by atoms with Crippen molar-refractivity contribution < 1.29 is 9.53 Å². The number of nitrogens with one attached hydrogen (secondary N) is 2. The van der Waals surface area contributed by atoms with Gasteiger partial charge in [0.2, 0.25) is 5.91 Å². The van der Waals surface area contributed by atoms with E-state index in [9.17, 15) is 4.79 Å². The summed E-state index contributed by atoms with van der Waals surface area (Å²) in [7, 11) is 1.59. The van der Waals surface area contributed by atoms with E-state index in [0.29, 0.717) is 16.5 Å². The Morgan fingerprint density at radius 2 is 1.85 bits per heavy atom. The molecule has 5 heteroatoms. The molecular weight excluding hydrogens is 276 g/mol. The maximum atomic E-state index is 11.8. The van der Waals surface area contributed by atoms with Gasteiger partial charge < -0.3 is 15.4 Å². The molecule has 2 aromatic rings. The number of amides is 1. The van der Waals surface area contributed by atoms with Crippen LogP contribution in [-0.4, -0.2) is 19.6 Å². The van der Waals surface area contributed by atoms with Gasteiger partial charge in [0.25, 0.3) is 0 Å². The third-order valence-electron chi connectivity index (χ3n) is 2.67. The number of halogens is 1. The van der Waals surface area contributed by atoms with E-state index in [4.69, 9.17) is 16.3 Å². The topological polar surface area (TPSA) is 50.4 Å². The molecule has 2 N–H and O–H groups in total. The van der Waals surface area contributed by atoms with Crippen molar-refractivity contribution in [3.8, 4) is 5.75 Å². The first-order valence-corrected chi connectivity index (χ1v) is 6.49. The second kappa shape index (κ2) is 6.82. The van der Waals surface area contributed by atoms with Crippen molar-refractivity contribution in [3.05, 3.63) is 53.6 Å². The molecule has 1 amide bonds. The van der Waals surface area contributed by atoms with Crippen LogP contribution < -0.4 is 15.4 Å². The van der Waals surface area contributed by atoms with Crippen molar-refractivity contribution in [1.29, 1.82) is 0 Å². The van der Waals surface area contributed by atoms with Gasteiger partial charge in [-0.05, 0) is 36.4 Å². The lowest BCUT2D eigenvalue weighted by atomic mass is 10.3. The summed E-state index contributed by atoms with van der Waals surface area (Å²) in [5.74, 6) is 0.560. The van der Waals surface area contributed by atoms with E-state index in [1.165, 1.54) is 0 Å². The molecule has 0 aliphatic rings. The van der Waals surface area contributed by atoms with E-state index < -0.39 is 0 Å². The average Bonchev–Trinajstić information content (AvgIpc) is 2.48. The van der Waals surface area contributed by atoms with Crippen molar-refractivity contribution in [2.45, 2.75) is 0 Å². The Morgan fingerprint density at radius 3 is 2.55 bits per heavy atom. The third-order valence-corrected chi connectivity index (χ3v) is 2.93. The first kappa shape index (κ1) is 14.2. The smallest absolute Gasteiger partial charge is 0.243 e. The van der Waals surface area contributed by atoms with Crippen molar-refractivity contribution in [2.24, 2.45) is 0 Å². The molecule has 4 nitrogen and oxygen atoms in total. The Hall–Kier alpha value is -2.20. The summed E-state index contributed by atoms with van der Waals surface area (Å²) in [4.78, 5) is 11.8. The molecule has 0 aliphatic carbocycles. The predicted octanol–water partition coefficient (Wildman–Crippen LogP) is 3.40. The standard InChI is InChI=1S/C15H15ClN2O2/c1-20-14-5-3-2-4-13(14)17-10-15(19)18-12-8-6-11(16)7-9-12/h2-9,17H,10H2,1H3,(H,18,19). The van der Waals surface area contributed by atoms with Gasteiger partial charge in [-0.15, -0.1) is 0 Å². The van der Waals surface area contributed by atoms with Gasteiger partial charge in [0.15, 0.2) is 0 Å². The number of carbonyl (C=O) groups excluding carboxylic acids is 1. The summed E-state index contributed by atoms with van der Waals surface area (Å²) in [5.41, 5.74) is 1.49. The molecule has 0 heterocycles. The molecule has 0 saturated heterocycles. The Balaban J connectivity index is 1.90. The molecule has 0 spiro atoms. The zero-order valence-electron chi connectivity index (χ0n) is 11.0. The lowest BCUT2D eigenvalue weighted by Gasteiger charge is -2.11. The van der Waals surface area contributed by atoms with Crippen LogP contribution in [0.5, 0.6) is 5.75 Å². The molecule has 104 valence electrons. The molecule has 2 rings (SSSR count). The number of para-hydroxylation sites is 2. The fourth-order valence-corrected chi connectivity index (χ4v) is 1.83. The average molecular weight is 291 g/mol. The van der Waals surface area contributed by atoms with Crippen LogP contribution in [0.2, 0.25) is 5.02 Å². The van der Waals surface area contributed by atoms with Crippen LogP contribution in [-0.2, 0) is 4.79 Å². The Labute approximate surface area is 122 Å². The molecule has 0 aliphatic heterocycles. The van der Waals surface area contributed by atoms with Crippen LogP contribution in [0.25, 0.3) is 0 Å². The van der Waals surface area contributed by atoms with E-state index >= 15 is 0 Å². The number of hydrogen-bond donors (Lipinski definition) is 2. The number of anilines is 2.